The minimum atomic E-state index is -4.78. The van der Waals surface area contributed by atoms with Crippen LogP contribution in [-0.2, 0) is 17.8 Å². The van der Waals surface area contributed by atoms with Crippen molar-refractivity contribution in [3.05, 3.63) is 46.1 Å². The van der Waals surface area contributed by atoms with Crippen LogP contribution in [0.2, 0.25) is 0 Å². The van der Waals surface area contributed by atoms with Crippen LogP contribution in [0, 0.1) is 10.1 Å². The molecule has 162 valence electrons. The van der Waals surface area contributed by atoms with Gasteiger partial charge in [-0.05, 0) is 29.5 Å². The Balaban J connectivity index is 1.50. The van der Waals surface area contributed by atoms with Crippen LogP contribution in [0.25, 0.3) is 0 Å². The van der Waals surface area contributed by atoms with E-state index in [9.17, 15) is 28.1 Å². The zero-order valence-corrected chi connectivity index (χ0v) is 15.9. The number of nitro groups is 1. The van der Waals surface area contributed by atoms with E-state index in [0.29, 0.717) is 5.56 Å². The summed E-state index contributed by atoms with van der Waals surface area (Å²) in [5.74, 6) is -0.698. The van der Waals surface area contributed by atoms with Gasteiger partial charge in [0.25, 0.3) is 0 Å². The van der Waals surface area contributed by atoms with Gasteiger partial charge in [0.15, 0.2) is 5.60 Å². The van der Waals surface area contributed by atoms with Crippen LogP contribution in [0.5, 0.6) is 11.8 Å². The second kappa shape index (κ2) is 7.72. The number of aromatic nitrogens is 2. The number of imidazole rings is 1. The fraction of sp³-hybridized carbons (Fsp3) is 0.412. The minimum absolute atomic E-state index is 0.0646. The molecule has 0 N–H and O–H groups in total. The Kier molecular flexibility index (Phi) is 5.46. The number of ether oxygens (including phenoxy) is 3. The molecule has 0 saturated heterocycles. The lowest BCUT2D eigenvalue weighted by molar-refractivity contribution is -0.389. The first-order valence-electron chi connectivity index (χ1n) is 8.57. The fourth-order valence-corrected chi connectivity index (χ4v) is 2.82. The molecule has 3 rings (SSSR count). The molecule has 1 aromatic carbocycles. The molecule has 0 aliphatic carbocycles. The van der Waals surface area contributed by atoms with E-state index < -0.39 is 23.0 Å². The molecule has 1 unspecified atom stereocenters. The molecule has 1 aliphatic heterocycles. The maximum Gasteiger partial charge on any atom is 0.573 e. The molecule has 10 nitrogen and oxygen atoms in total. The average Bonchev–Trinajstić information content (AvgIpc) is 3.15. The number of alkyl halides is 3. The fourth-order valence-electron chi connectivity index (χ4n) is 2.82. The van der Waals surface area contributed by atoms with Crippen LogP contribution in [0.4, 0.5) is 23.8 Å². The number of hydrogen-bond acceptors (Lipinski definition) is 7. The molecule has 0 radical (unpaired) electrons. The Morgan fingerprint density at radius 3 is 2.63 bits per heavy atom. The normalized spacial score (nSPS) is 17.8. The first-order chi connectivity index (χ1) is 13.9. The lowest BCUT2D eigenvalue weighted by atomic mass is 10.1. The molecule has 2 aromatic rings. The van der Waals surface area contributed by atoms with Gasteiger partial charge in [0.2, 0.25) is 0 Å². The highest BCUT2D eigenvalue weighted by Gasteiger charge is 2.41. The van der Waals surface area contributed by atoms with Crippen LogP contribution in [0.15, 0.2) is 30.5 Å². The van der Waals surface area contributed by atoms with Crippen LogP contribution < -0.4 is 9.47 Å². The smallest absolute Gasteiger partial charge is 0.445 e. The van der Waals surface area contributed by atoms with Gasteiger partial charge in [-0.15, -0.1) is 13.2 Å². The largest absolute Gasteiger partial charge is 0.573 e. The summed E-state index contributed by atoms with van der Waals surface area (Å²) in [5, 5.41) is 10.7. The zero-order valence-electron chi connectivity index (χ0n) is 15.9. The minimum Gasteiger partial charge on any atom is -0.445 e. The third-order valence-electron chi connectivity index (χ3n) is 4.15. The molecule has 0 saturated carbocycles. The lowest BCUT2D eigenvalue weighted by Gasteiger charge is -2.24. The number of carbonyl (C=O) groups excluding carboxylic acids is 1. The van der Waals surface area contributed by atoms with Gasteiger partial charge in [-0.2, -0.15) is 0 Å². The van der Waals surface area contributed by atoms with Crippen molar-refractivity contribution < 1.29 is 37.1 Å². The van der Waals surface area contributed by atoms with Crippen molar-refractivity contribution in [3.8, 4) is 11.8 Å². The Morgan fingerprint density at radius 1 is 1.40 bits per heavy atom. The summed E-state index contributed by atoms with van der Waals surface area (Å²) < 4.78 is 52.6. The molecule has 1 aromatic heterocycles. The topological polar surface area (TPSA) is 109 Å². The summed E-state index contributed by atoms with van der Waals surface area (Å²) in [5.41, 5.74) is -0.371. The Hall–Kier alpha value is -3.51. The number of nitrogens with zero attached hydrogens (tertiary/aromatic N) is 4. The van der Waals surface area contributed by atoms with Crippen molar-refractivity contribution in [2.45, 2.75) is 32.0 Å². The van der Waals surface area contributed by atoms with E-state index in [1.165, 1.54) is 34.8 Å². The summed E-state index contributed by atoms with van der Waals surface area (Å²) >= 11 is 0. The Bertz CT molecular complexity index is 920. The summed E-state index contributed by atoms with van der Waals surface area (Å²) in [7, 11) is 1.47. The van der Waals surface area contributed by atoms with Gasteiger partial charge in [0.1, 0.15) is 18.6 Å². The molecule has 1 atom stereocenters. The first-order valence-corrected chi connectivity index (χ1v) is 8.57. The molecule has 30 heavy (non-hydrogen) atoms. The van der Waals surface area contributed by atoms with Crippen molar-refractivity contribution in [3.63, 3.8) is 0 Å². The quantitative estimate of drug-likeness (QED) is 0.512. The maximum absolute atomic E-state index is 12.2. The monoisotopic (exact) mass is 430 g/mol. The lowest BCUT2D eigenvalue weighted by Crippen LogP contribution is -2.40. The Labute approximate surface area is 167 Å². The van der Waals surface area contributed by atoms with Crippen molar-refractivity contribution in [1.82, 2.24) is 14.5 Å². The van der Waals surface area contributed by atoms with Gasteiger partial charge in [-0.25, -0.2) is 4.79 Å². The Morgan fingerprint density at radius 2 is 2.07 bits per heavy atom. The summed E-state index contributed by atoms with van der Waals surface area (Å²) in [6.45, 7) is 1.84. The first kappa shape index (κ1) is 21.2. The van der Waals surface area contributed by atoms with E-state index in [-0.39, 0.29) is 37.3 Å². The predicted octanol–water partition coefficient (Wildman–Crippen LogP) is 3.11. The number of halogens is 3. The second-order valence-corrected chi connectivity index (χ2v) is 6.92. The van der Waals surface area contributed by atoms with E-state index in [1.807, 2.05) is 0 Å². The molecule has 1 aliphatic rings. The van der Waals surface area contributed by atoms with Crippen molar-refractivity contribution in [2.24, 2.45) is 0 Å². The van der Waals surface area contributed by atoms with Gasteiger partial charge in [-0.3, -0.25) is 4.57 Å². The number of carbonyl (C=O) groups is 1. The zero-order chi connectivity index (χ0) is 22.1. The number of benzene rings is 1. The molecule has 0 bridgehead atoms. The van der Waals surface area contributed by atoms with Crippen LogP contribution >= 0.6 is 0 Å². The maximum atomic E-state index is 12.2. The summed E-state index contributed by atoms with van der Waals surface area (Å²) in [4.78, 5) is 27.3. The van der Waals surface area contributed by atoms with E-state index in [1.54, 1.807) is 6.92 Å². The molecule has 13 heteroatoms. The van der Waals surface area contributed by atoms with Gasteiger partial charge in [0.05, 0.1) is 6.54 Å². The summed E-state index contributed by atoms with van der Waals surface area (Å²) in [6, 6.07) is 5.16. The van der Waals surface area contributed by atoms with E-state index in [4.69, 9.17) is 9.47 Å². The highest BCUT2D eigenvalue weighted by molar-refractivity contribution is 5.67. The second-order valence-electron chi connectivity index (χ2n) is 6.92. The third kappa shape index (κ3) is 5.10. The average molecular weight is 430 g/mol. The van der Waals surface area contributed by atoms with Crippen molar-refractivity contribution in [2.75, 3.05) is 13.7 Å². The highest BCUT2D eigenvalue weighted by Crippen LogP contribution is 2.31. The predicted molar refractivity (Wildman–Crippen MR) is 93.9 cm³/mol. The third-order valence-corrected chi connectivity index (χ3v) is 4.15. The molecular formula is C17H17F3N4O6. The highest BCUT2D eigenvalue weighted by atomic mass is 19.4. The van der Waals surface area contributed by atoms with Gasteiger partial charge in [-0.1, -0.05) is 12.1 Å². The van der Waals surface area contributed by atoms with Gasteiger partial charge >= 0.3 is 24.3 Å². The number of fused-ring (bicyclic) bond motifs is 1. The molecule has 1 amide bonds. The van der Waals surface area contributed by atoms with Crippen LogP contribution in [0.1, 0.15) is 12.5 Å². The molecule has 0 fully saturated rings. The van der Waals surface area contributed by atoms with Crippen LogP contribution in [0.3, 0.4) is 0 Å². The van der Waals surface area contributed by atoms with Crippen molar-refractivity contribution in [1.29, 1.82) is 0 Å². The van der Waals surface area contributed by atoms with Crippen LogP contribution in [-0.4, -0.2) is 51.1 Å². The van der Waals surface area contributed by atoms with E-state index in [0.717, 1.165) is 12.1 Å². The van der Waals surface area contributed by atoms with Gasteiger partial charge in [0, 0.05) is 18.6 Å². The summed E-state index contributed by atoms with van der Waals surface area (Å²) in [6.07, 6.45) is -4.21. The molecular weight excluding hydrogens is 413 g/mol. The van der Waals surface area contributed by atoms with Gasteiger partial charge < -0.3 is 29.2 Å². The number of hydrogen-bond donors (Lipinski definition) is 0. The van der Waals surface area contributed by atoms with E-state index in [2.05, 4.69) is 9.72 Å². The number of amides is 1. The van der Waals surface area contributed by atoms with E-state index >= 15 is 0 Å². The molecule has 2 heterocycles. The SMILES string of the molecule is CN(Cc1ccc(OC(F)(F)F)cc1)C(=O)OCC1(C)Cn2cc([N+](=O)[O-])nc2O1. The standard InChI is InChI=1S/C17H17F3N4O6/c1-16(9-23-8-13(24(26)27)21-14(23)30-16)10-28-15(25)22(2)7-11-3-5-12(6-4-11)29-17(18,19)20/h3-6,8H,7,9-10H2,1-2H3. The van der Waals surface area contributed by atoms with Crippen molar-refractivity contribution >= 4 is 11.9 Å². The number of rotatable bonds is 6. The molecule has 0 spiro atoms.